The lowest BCUT2D eigenvalue weighted by Crippen LogP contribution is -2.39. The Labute approximate surface area is 107 Å². The molecule has 0 aromatic carbocycles. The first kappa shape index (κ1) is 16.4. The first-order valence-corrected chi connectivity index (χ1v) is 6.86. The number of hydrogen-bond donors (Lipinski definition) is 1. The minimum atomic E-state index is -0.443. The van der Waals surface area contributed by atoms with Crippen molar-refractivity contribution in [3.8, 4) is 6.07 Å². The monoisotopic (exact) mass is 240 g/mol. The van der Waals surface area contributed by atoms with Crippen LogP contribution in [-0.2, 0) is 4.74 Å². The normalized spacial score (nSPS) is 14.2. The van der Waals surface area contributed by atoms with Crippen LogP contribution >= 0.6 is 0 Å². The van der Waals surface area contributed by atoms with Gasteiger partial charge in [0.25, 0.3) is 0 Å². The Kier molecular flexibility index (Phi) is 10.2. The Hall–Kier alpha value is -0.590. The Balaban J connectivity index is 3.27. The maximum absolute atomic E-state index is 8.94. The van der Waals surface area contributed by atoms with Crippen LogP contribution in [0.5, 0.6) is 0 Å². The van der Waals surface area contributed by atoms with E-state index in [-0.39, 0.29) is 0 Å². The van der Waals surface area contributed by atoms with Gasteiger partial charge >= 0.3 is 0 Å². The highest BCUT2D eigenvalue weighted by Crippen LogP contribution is 2.08. The van der Waals surface area contributed by atoms with Gasteiger partial charge in [-0.05, 0) is 20.4 Å². The summed E-state index contributed by atoms with van der Waals surface area (Å²) in [5.41, 5.74) is -0.443. The van der Waals surface area contributed by atoms with Crippen molar-refractivity contribution in [2.45, 2.75) is 64.3 Å². The molecule has 0 bridgehead atoms. The van der Waals surface area contributed by atoms with Crippen molar-refractivity contribution in [3.05, 3.63) is 0 Å². The van der Waals surface area contributed by atoms with Gasteiger partial charge in [-0.3, -0.25) is 0 Å². The molecule has 0 saturated carbocycles. The van der Waals surface area contributed by atoms with Gasteiger partial charge in [0.15, 0.2) is 0 Å². The van der Waals surface area contributed by atoms with Gasteiger partial charge in [-0.1, -0.05) is 39.0 Å². The van der Waals surface area contributed by atoms with Crippen LogP contribution in [-0.4, -0.2) is 25.8 Å². The van der Waals surface area contributed by atoms with Crippen molar-refractivity contribution in [1.29, 1.82) is 5.26 Å². The lowest BCUT2D eigenvalue weighted by molar-refractivity contribution is 0.115. The number of unbranched alkanes of at least 4 members (excludes halogenated alkanes) is 5. The van der Waals surface area contributed by atoms with Crippen LogP contribution in [0, 0.1) is 11.3 Å². The molecule has 1 unspecified atom stereocenters. The third-order valence-electron chi connectivity index (χ3n) is 3.19. The molecule has 0 aliphatic heterocycles. The standard InChI is InChI=1S/C14H28N2O/c1-4-5-6-7-8-9-11-17-12-10-14(2,13-15)16-3/h16H,4-12H2,1-3H3. The second-order valence-corrected chi connectivity index (χ2v) is 4.82. The second-order valence-electron chi connectivity index (χ2n) is 4.82. The number of hydrogen-bond acceptors (Lipinski definition) is 3. The number of nitrogens with one attached hydrogen (secondary N) is 1. The summed E-state index contributed by atoms with van der Waals surface area (Å²) in [7, 11) is 1.82. The number of nitriles is 1. The predicted molar refractivity (Wildman–Crippen MR) is 71.9 cm³/mol. The minimum absolute atomic E-state index is 0.443. The molecule has 0 saturated heterocycles. The van der Waals surface area contributed by atoms with Gasteiger partial charge in [0, 0.05) is 19.6 Å². The summed E-state index contributed by atoms with van der Waals surface area (Å²) in [5, 5.41) is 12.0. The lowest BCUT2D eigenvalue weighted by Gasteiger charge is -2.20. The van der Waals surface area contributed by atoms with E-state index in [1.54, 1.807) is 0 Å². The zero-order valence-electron chi connectivity index (χ0n) is 11.7. The quantitative estimate of drug-likeness (QED) is 0.564. The van der Waals surface area contributed by atoms with Crippen LogP contribution < -0.4 is 5.32 Å². The predicted octanol–water partition coefficient (Wildman–Crippen LogP) is 3.26. The third-order valence-corrected chi connectivity index (χ3v) is 3.19. The SMILES string of the molecule is CCCCCCCCOCCC(C)(C#N)NC. The van der Waals surface area contributed by atoms with Gasteiger partial charge in [-0.25, -0.2) is 0 Å². The summed E-state index contributed by atoms with van der Waals surface area (Å²) >= 11 is 0. The average molecular weight is 240 g/mol. The van der Waals surface area contributed by atoms with Crippen molar-refractivity contribution in [2.24, 2.45) is 0 Å². The molecule has 0 aromatic heterocycles. The summed E-state index contributed by atoms with van der Waals surface area (Å²) in [6, 6.07) is 2.26. The molecule has 0 heterocycles. The van der Waals surface area contributed by atoms with Crippen LogP contribution in [0.15, 0.2) is 0 Å². The van der Waals surface area contributed by atoms with Crippen LogP contribution in [0.25, 0.3) is 0 Å². The van der Waals surface area contributed by atoms with Gasteiger partial charge < -0.3 is 10.1 Å². The third kappa shape index (κ3) is 9.14. The fraction of sp³-hybridized carbons (Fsp3) is 0.929. The van der Waals surface area contributed by atoms with Crippen LogP contribution in [0.2, 0.25) is 0 Å². The Morgan fingerprint density at radius 2 is 1.76 bits per heavy atom. The maximum atomic E-state index is 8.94. The zero-order valence-corrected chi connectivity index (χ0v) is 11.7. The molecule has 0 aliphatic rings. The number of nitrogens with zero attached hydrogens (tertiary/aromatic N) is 1. The van der Waals surface area contributed by atoms with E-state index in [4.69, 9.17) is 10.00 Å². The Bertz CT molecular complexity index is 213. The van der Waals surface area contributed by atoms with Crippen molar-refractivity contribution >= 4 is 0 Å². The first-order chi connectivity index (χ1) is 8.18. The molecule has 1 N–H and O–H groups in total. The van der Waals surface area contributed by atoms with Gasteiger partial charge in [-0.2, -0.15) is 5.26 Å². The molecule has 17 heavy (non-hydrogen) atoms. The van der Waals surface area contributed by atoms with Crippen molar-refractivity contribution in [2.75, 3.05) is 20.3 Å². The smallest absolute Gasteiger partial charge is 0.105 e. The summed E-state index contributed by atoms with van der Waals surface area (Å²) in [6.07, 6.45) is 8.48. The summed E-state index contributed by atoms with van der Waals surface area (Å²) in [6.45, 7) is 5.63. The highest BCUT2D eigenvalue weighted by atomic mass is 16.5. The molecule has 3 heteroatoms. The summed E-state index contributed by atoms with van der Waals surface area (Å²) < 4.78 is 5.55. The second kappa shape index (κ2) is 10.6. The van der Waals surface area contributed by atoms with E-state index in [0.29, 0.717) is 6.61 Å². The maximum Gasteiger partial charge on any atom is 0.105 e. The Morgan fingerprint density at radius 1 is 1.12 bits per heavy atom. The molecular formula is C14H28N2O. The van der Waals surface area contributed by atoms with E-state index in [2.05, 4.69) is 18.3 Å². The fourth-order valence-corrected chi connectivity index (χ4v) is 1.60. The zero-order chi connectivity index (χ0) is 13.0. The van der Waals surface area contributed by atoms with E-state index in [1.807, 2.05) is 14.0 Å². The molecule has 3 nitrogen and oxygen atoms in total. The molecule has 0 fully saturated rings. The van der Waals surface area contributed by atoms with Crippen molar-refractivity contribution in [1.82, 2.24) is 5.32 Å². The molecule has 0 rings (SSSR count). The van der Waals surface area contributed by atoms with Gasteiger partial charge in [0.1, 0.15) is 5.54 Å². The van der Waals surface area contributed by atoms with Crippen LogP contribution in [0.1, 0.15) is 58.8 Å². The van der Waals surface area contributed by atoms with Gasteiger partial charge in [0.05, 0.1) is 6.07 Å². The van der Waals surface area contributed by atoms with E-state index in [9.17, 15) is 0 Å². The van der Waals surface area contributed by atoms with E-state index in [0.717, 1.165) is 19.4 Å². The van der Waals surface area contributed by atoms with E-state index in [1.165, 1.54) is 32.1 Å². The number of rotatable bonds is 11. The highest BCUT2D eigenvalue weighted by Gasteiger charge is 2.20. The van der Waals surface area contributed by atoms with E-state index < -0.39 is 5.54 Å². The van der Waals surface area contributed by atoms with E-state index >= 15 is 0 Å². The molecular weight excluding hydrogens is 212 g/mol. The molecule has 1 atom stereocenters. The molecule has 0 aliphatic carbocycles. The highest BCUT2D eigenvalue weighted by molar-refractivity contribution is 5.02. The van der Waals surface area contributed by atoms with Crippen molar-refractivity contribution in [3.63, 3.8) is 0 Å². The lowest BCUT2D eigenvalue weighted by atomic mass is 10.0. The molecule has 0 aromatic rings. The van der Waals surface area contributed by atoms with Crippen molar-refractivity contribution < 1.29 is 4.74 Å². The number of ether oxygens (including phenoxy) is 1. The van der Waals surface area contributed by atoms with Gasteiger partial charge in [-0.15, -0.1) is 0 Å². The largest absolute Gasteiger partial charge is 0.381 e. The molecule has 0 spiro atoms. The molecule has 0 amide bonds. The van der Waals surface area contributed by atoms with Gasteiger partial charge in [0.2, 0.25) is 0 Å². The minimum Gasteiger partial charge on any atom is -0.381 e. The molecule has 100 valence electrons. The van der Waals surface area contributed by atoms with Crippen LogP contribution in [0.3, 0.4) is 0 Å². The summed E-state index contributed by atoms with van der Waals surface area (Å²) in [5.74, 6) is 0. The topological polar surface area (TPSA) is 45.0 Å². The first-order valence-electron chi connectivity index (χ1n) is 6.86. The average Bonchev–Trinajstić information content (AvgIpc) is 2.36. The van der Waals surface area contributed by atoms with Crippen LogP contribution in [0.4, 0.5) is 0 Å². The fourth-order valence-electron chi connectivity index (χ4n) is 1.60. The summed E-state index contributed by atoms with van der Waals surface area (Å²) in [4.78, 5) is 0. The Morgan fingerprint density at radius 3 is 2.35 bits per heavy atom. The molecule has 0 radical (unpaired) electrons.